The molecule has 4 nitrogen and oxygen atoms in total. The number of hydrogen-bond donors (Lipinski definition) is 0. The lowest BCUT2D eigenvalue weighted by atomic mass is 10.1. The molecule has 0 fully saturated rings. The maximum atomic E-state index is 13.5. The van der Waals surface area contributed by atoms with Crippen LogP contribution < -0.4 is 0 Å². The van der Waals surface area contributed by atoms with E-state index in [1.54, 1.807) is 19.9 Å². The lowest BCUT2D eigenvalue weighted by molar-refractivity contribution is 0.620. The lowest BCUT2D eigenvalue weighted by Gasteiger charge is -2.03. The van der Waals surface area contributed by atoms with Crippen LogP contribution in [0.1, 0.15) is 11.4 Å². The van der Waals surface area contributed by atoms with Crippen LogP contribution in [-0.4, -0.2) is 19.6 Å². The summed E-state index contributed by atoms with van der Waals surface area (Å²) in [5.41, 5.74) is 1.63. The van der Waals surface area contributed by atoms with Crippen LogP contribution in [0, 0.1) is 19.7 Å². The van der Waals surface area contributed by atoms with E-state index in [1.807, 2.05) is 0 Å². The largest absolute Gasteiger partial charge is 0.226 e. The summed E-state index contributed by atoms with van der Waals surface area (Å²) in [4.78, 5) is 8.38. The fourth-order valence-corrected chi connectivity index (χ4v) is 2.02. The zero-order valence-corrected chi connectivity index (χ0v) is 9.96. The normalized spacial score (nSPS) is 11.5. The van der Waals surface area contributed by atoms with Gasteiger partial charge in [-0.15, -0.1) is 5.10 Å². The molecule has 0 atom stereocenters. The Bertz CT molecular complexity index is 750. The van der Waals surface area contributed by atoms with Crippen molar-refractivity contribution in [2.45, 2.75) is 13.8 Å². The molecule has 0 radical (unpaired) electrons. The molecule has 0 amide bonds. The number of rotatable bonds is 0. The van der Waals surface area contributed by atoms with Crippen LogP contribution in [0.4, 0.5) is 4.39 Å². The number of nitrogens with zero attached hydrogens (tertiary/aromatic N) is 4. The van der Waals surface area contributed by atoms with E-state index in [0.29, 0.717) is 22.6 Å². The van der Waals surface area contributed by atoms with Crippen LogP contribution in [0.3, 0.4) is 0 Å². The first kappa shape index (κ1) is 10.4. The molecule has 0 unspecified atom stereocenters. The van der Waals surface area contributed by atoms with Crippen LogP contribution in [0.2, 0.25) is 5.28 Å². The Morgan fingerprint density at radius 1 is 1.24 bits per heavy atom. The molecule has 0 aliphatic rings. The number of fused-ring (bicyclic) bond motifs is 3. The Kier molecular flexibility index (Phi) is 2.06. The second-order valence-corrected chi connectivity index (χ2v) is 4.23. The average Bonchev–Trinajstić information content (AvgIpc) is 2.64. The molecule has 0 spiro atoms. The molecule has 0 saturated carbocycles. The number of hydrogen-bond acceptors (Lipinski definition) is 3. The summed E-state index contributed by atoms with van der Waals surface area (Å²) >= 11 is 5.97. The summed E-state index contributed by atoms with van der Waals surface area (Å²) in [6.45, 7) is 3.47. The molecular formula is C11H8ClFN4. The first-order valence-corrected chi connectivity index (χ1v) is 5.43. The molecule has 2 aromatic heterocycles. The monoisotopic (exact) mass is 250 g/mol. The van der Waals surface area contributed by atoms with Gasteiger partial charge >= 0.3 is 0 Å². The van der Waals surface area contributed by atoms with Gasteiger partial charge in [-0.2, -0.15) is 4.52 Å². The Labute approximate surface area is 101 Å². The minimum absolute atomic E-state index is 0.177. The predicted octanol–water partition coefficient (Wildman–Crippen LogP) is 2.69. The highest BCUT2D eigenvalue weighted by atomic mass is 35.5. The molecule has 86 valence electrons. The smallest absolute Gasteiger partial charge is 0.218 e. The molecule has 0 aliphatic carbocycles. The summed E-state index contributed by atoms with van der Waals surface area (Å²) < 4.78 is 14.9. The molecule has 3 rings (SSSR count). The highest BCUT2D eigenvalue weighted by Crippen LogP contribution is 2.23. The first-order valence-electron chi connectivity index (χ1n) is 5.05. The van der Waals surface area contributed by atoms with E-state index in [1.165, 1.54) is 10.6 Å². The van der Waals surface area contributed by atoms with Crippen molar-refractivity contribution in [2.75, 3.05) is 0 Å². The van der Waals surface area contributed by atoms with E-state index in [-0.39, 0.29) is 11.1 Å². The maximum absolute atomic E-state index is 13.5. The lowest BCUT2D eigenvalue weighted by Crippen LogP contribution is -1.96. The predicted molar refractivity (Wildman–Crippen MR) is 62.7 cm³/mol. The molecule has 1 aromatic carbocycles. The van der Waals surface area contributed by atoms with Crippen LogP contribution in [0.25, 0.3) is 16.6 Å². The minimum Gasteiger partial charge on any atom is -0.218 e. The van der Waals surface area contributed by atoms with Crippen molar-refractivity contribution in [3.05, 3.63) is 34.6 Å². The maximum Gasteiger partial charge on any atom is 0.226 e. The Morgan fingerprint density at radius 3 is 2.76 bits per heavy atom. The zero-order valence-electron chi connectivity index (χ0n) is 9.20. The van der Waals surface area contributed by atoms with Gasteiger partial charge in [0.05, 0.1) is 5.52 Å². The third-order valence-corrected chi connectivity index (χ3v) is 2.86. The van der Waals surface area contributed by atoms with E-state index in [2.05, 4.69) is 15.1 Å². The van der Waals surface area contributed by atoms with Crippen molar-refractivity contribution in [3.8, 4) is 0 Å². The number of halogens is 2. The molecule has 0 aliphatic heterocycles. The molecule has 3 aromatic rings. The fourth-order valence-electron chi connectivity index (χ4n) is 1.81. The van der Waals surface area contributed by atoms with Crippen molar-refractivity contribution in [3.63, 3.8) is 0 Å². The first-order chi connectivity index (χ1) is 8.06. The van der Waals surface area contributed by atoms with Gasteiger partial charge < -0.3 is 0 Å². The number of aromatic nitrogens is 4. The van der Waals surface area contributed by atoms with Gasteiger partial charge in [0.15, 0.2) is 5.65 Å². The third kappa shape index (κ3) is 1.46. The van der Waals surface area contributed by atoms with Crippen LogP contribution in [0.5, 0.6) is 0 Å². The van der Waals surface area contributed by atoms with Crippen molar-refractivity contribution < 1.29 is 4.39 Å². The Hall–Kier alpha value is -1.75. The topological polar surface area (TPSA) is 43.1 Å². The molecule has 17 heavy (non-hydrogen) atoms. The van der Waals surface area contributed by atoms with Gasteiger partial charge in [-0.05, 0) is 37.1 Å². The van der Waals surface area contributed by atoms with Gasteiger partial charge in [-0.3, -0.25) is 0 Å². The highest BCUT2D eigenvalue weighted by Gasteiger charge is 2.12. The van der Waals surface area contributed by atoms with E-state index in [4.69, 9.17) is 11.6 Å². The molecule has 6 heteroatoms. The second kappa shape index (κ2) is 3.37. The average molecular weight is 251 g/mol. The third-order valence-electron chi connectivity index (χ3n) is 2.62. The van der Waals surface area contributed by atoms with Crippen LogP contribution >= 0.6 is 11.6 Å². The second-order valence-electron chi connectivity index (χ2n) is 3.89. The van der Waals surface area contributed by atoms with E-state index in [0.717, 1.165) is 5.39 Å². The number of aryl methyl sites for hydroxylation is 2. The Balaban J connectivity index is 2.58. The van der Waals surface area contributed by atoms with Gasteiger partial charge in [0, 0.05) is 11.5 Å². The molecule has 0 N–H and O–H groups in total. The fraction of sp³-hybridized carbons (Fsp3) is 0.182. The van der Waals surface area contributed by atoms with Crippen molar-refractivity contribution >= 4 is 28.2 Å². The zero-order chi connectivity index (χ0) is 12.2. The highest BCUT2D eigenvalue weighted by molar-refractivity contribution is 6.29. The van der Waals surface area contributed by atoms with Gasteiger partial charge in [0.25, 0.3) is 0 Å². The van der Waals surface area contributed by atoms with E-state index < -0.39 is 0 Å². The quantitative estimate of drug-likeness (QED) is 0.576. The summed E-state index contributed by atoms with van der Waals surface area (Å²) in [6, 6.07) is 3.07. The van der Waals surface area contributed by atoms with Crippen molar-refractivity contribution in [1.82, 2.24) is 19.6 Å². The van der Waals surface area contributed by atoms with Gasteiger partial charge in [0.1, 0.15) is 11.6 Å². The molecule has 0 saturated heterocycles. The standard InChI is InChI=1S/C11H8ClFN4/c1-5-3-7-9(4-8(5)13)15-11(12)17-10(7)14-6(2)16-17/h3-4H,1-2H3. The van der Waals surface area contributed by atoms with Gasteiger partial charge in [0.2, 0.25) is 5.28 Å². The van der Waals surface area contributed by atoms with E-state index in [9.17, 15) is 4.39 Å². The van der Waals surface area contributed by atoms with Crippen LogP contribution in [-0.2, 0) is 0 Å². The minimum atomic E-state index is -0.304. The summed E-state index contributed by atoms with van der Waals surface area (Å²) in [7, 11) is 0. The van der Waals surface area contributed by atoms with Gasteiger partial charge in [-0.1, -0.05) is 0 Å². The SMILES string of the molecule is Cc1nc2c3cc(C)c(F)cc3nc(Cl)n2n1. The Morgan fingerprint density at radius 2 is 2.00 bits per heavy atom. The van der Waals surface area contributed by atoms with Crippen molar-refractivity contribution in [2.24, 2.45) is 0 Å². The molecular weight excluding hydrogens is 243 g/mol. The number of benzene rings is 1. The van der Waals surface area contributed by atoms with Crippen LogP contribution in [0.15, 0.2) is 12.1 Å². The summed E-state index contributed by atoms with van der Waals surface area (Å²) in [5.74, 6) is 0.296. The molecule has 2 heterocycles. The van der Waals surface area contributed by atoms with Gasteiger partial charge in [-0.25, -0.2) is 14.4 Å². The molecule has 0 bridgehead atoms. The van der Waals surface area contributed by atoms with E-state index >= 15 is 0 Å². The summed E-state index contributed by atoms with van der Waals surface area (Å²) in [6.07, 6.45) is 0. The summed E-state index contributed by atoms with van der Waals surface area (Å²) in [5, 5.41) is 5.05. The van der Waals surface area contributed by atoms with Crippen molar-refractivity contribution in [1.29, 1.82) is 0 Å².